The van der Waals surface area contributed by atoms with Gasteiger partial charge in [-0.05, 0) is 0 Å². The molecular formula is C10H16N2O8S2. The predicted molar refractivity (Wildman–Crippen MR) is 78.8 cm³/mol. The molecular weight excluding hydrogens is 340 g/mol. The van der Waals surface area contributed by atoms with E-state index in [1.165, 1.54) is 0 Å². The van der Waals surface area contributed by atoms with E-state index in [2.05, 4.69) is 0 Å². The highest BCUT2D eigenvalue weighted by Crippen LogP contribution is 2.24. The molecule has 10 nitrogen and oxygen atoms in total. The molecule has 0 aliphatic heterocycles. The van der Waals surface area contributed by atoms with E-state index in [9.17, 15) is 19.2 Å². The van der Waals surface area contributed by atoms with E-state index in [1.807, 2.05) is 0 Å². The molecule has 0 aromatic carbocycles. The van der Waals surface area contributed by atoms with Crippen molar-refractivity contribution in [1.29, 1.82) is 0 Å². The topological polar surface area (TPSA) is 178 Å². The molecule has 0 saturated carbocycles. The minimum atomic E-state index is -1.36. The summed E-state index contributed by atoms with van der Waals surface area (Å²) in [5, 5.41) is 35.1. The Bertz CT molecular complexity index is 417. The van der Waals surface area contributed by atoms with Gasteiger partial charge in [-0.1, -0.05) is 21.6 Å². The molecule has 2 atom stereocenters. The lowest BCUT2D eigenvalue weighted by atomic mass is 10.2. The summed E-state index contributed by atoms with van der Waals surface area (Å²) in [5.74, 6) is -5.34. The Kier molecular flexibility index (Phi) is 9.56. The van der Waals surface area contributed by atoms with Crippen LogP contribution in [0.4, 0.5) is 0 Å². The number of nitrogens with two attached hydrogens (primary N) is 1. The summed E-state index contributed by atoms with van der Waals surface area (Å²) in [6, 6.07) is -2.43. The van der Waals surface area contributed by atoms with Crippen LogP contribution in [0.1, 0.15) is 0 Å². The Balaban J connectivity index is 4.59. The van der Waals surface area contributed by atoms with Gasteiger partial charge >= 0.3 is 23.9 Å². The highest BCUT2D eigenvalue weighted by Gasteiger charge is 2.29. The van der Waals surface area contributed by atoms with Crippen molar-refractivity contribution >= 4 is 45.5 Å². The molecule has 0 aromatic heterocycles. The summed E-state index contributed by atoms with van der Waals surface area (Å²) in [6.45, 7) is -1.47. The first kappa shape index (κ1) is 20.5. The van der Waals surface area contributed by atoms with Gasteiger partial charge in [0.25, 0.3) is 0 Å². The van der Waals surface area contributed by atoms with Gasteiger partial charge in [-0.3, -0.25) is 24.1 Å². The molecule has 0 fully saturated rings. The van der Waals surface area contributed by atoms with Crippen LogP contribution in [-0.2, 0) is 19.2 Å². The Morgan fingerprint density at radius 1 is 0.864 bits per heavy atom. The summed E-state index contributed by atoms with van der Waals surface area (Å²) in [5.41, 5.74) is 5.27. The molecule has 0 bridgehead atoms. The van der Waals surface area contributed by atoms with Crippen LogP contribution in [0, 0.1) is 0 Å². The first-order valence-electron chi connectivity index (χ1n) is 5.78. The molecule has 0 radical (unpaired) electrons. The van der Waals surface area contributed by atoms with E-state index < -0.39 is 49.1 Å². The zero-order valence-corrected chi connectivity index (χ0v) is 12.9. The second-order valence-corrected chi connectivity index (χ2v) is 6.61. The van der Waals surface area contributed by atoms with Gasteiger partial charge < -0.3 is 26.2 Å². The molecule has 0 rings (SSSR count). The SMILES string of the molecule is N[C@@H](CSSC[C@@H](C(=O)O)N(CC(=O)O)CC(=O)O)C(=O)O. The maximum Gasteiger partial charge on any atom is 0.321 e. The molecule has 0 aliphatic carbocycles. The molecule has 6 N–H and O–H groups in total. The molecule has 126 valence electrons. The van der Waals surface area contributed by atoms with Gasteiger partial charge in [0.05, 0.1) is 13.1 Å². The quantitative estimate of drug-likeness (QED) is 0.206. The molecule has 0 aromatic rings. The summed E-state index contributed by atoms with van der Waals surface area (Å²) >= 11 is 0. The molecule has 0 spiro atoms. The second-order valence-electron chi connectivity index (χ2n) is 4.06. The lowest BCUT2D eigenvalue weighted by Crippen LogP contribution is -2.47. The standard InChI is InChI=1S/C10H16N2O8S2/c11-5(9(17)18)3-21-22-4-6(10(19)20)12(1-7(13)14)2-8(15)16/h5-6H,1-4,11H2,(H,13,14)(H,15,16)(H,17,18)(H,19,20)/t5-,6-/m0/s1. The van der Waals surface area contributed by atoms with Gasteiger partial charge in [-0.15, -0.1) is 0 Å². The van der Waals surface area contributed by atoms with Crippen LogP contribution in [0.25, 0.3) is 0 Å². The van der Waals surface area contributed by atoms with Crippen molar-refractivity contribution in [3.63, 3.8) is 0 Å². The number of carboxylic acid groups (broad SMARTS) is 4. The Hall–Kier alpha value is -1.50. The molecule has 0 amide bonds. The molecule has 0 aliphatic rings. The van der Waals surface area contributed by atoms with Crippen LogP contribution in [0.15, 0.2) is 0 Å². The summed E-state index contributed by atoms with van der Waals surface area (Å²) in [4.78, 5) is 43.9. The van der Waals surface area contributed by atoms with Crippen molar-refractivity contribution in [1.82, 2.24) is 4.90 Å². The number of hydrogen-bond acceptors (Lipinski definition) is 8. The number of hydrogen-bond donors (Lipinski definition) is 5. The Morgan fingerprint density at radius 2 is 1.32 bits per heavy atom. The number of carbonyl (C=O) groups is 4. The smallest absolute Gasteiger partial charge is 0.321 e. The van der Waals surface area contributed by atoms with Gasteiger partial charge in [0.2, 0.25) is 0 Å². The fraction of sp³-hybridized carbons (Fsp3) is 0.600. The van der Waals surface area contributed by atoms with Crippen molar-refractivity contribution in [2.75, 3.05) is 24.6 Å². The first-order valence-corrected chi connectivity index (χ1v) is 8.27. The normalized spacial score (nSPS) is 13.5. The van der Waals surface area contributed by atoms with Crippen molar-refractivity contribution in [2.45, 2.75) is 12.1 Å². The summed E-state index contributed by atoms with van der Waals surface area (Å²) < 4.78 is 0. The Labute approximate surface area is 133 Å². The first-order chi connectivity index (χ1) is 10.1. The third kappa shape index (κ3) is 8.71. The maximum absolute atomic E-state index is 11.2. The summed E-state index contributed by atoms with van der Waals surface area (Å²) in [6.07, 6.45) is 0. The minimum Gasteiger partial charge on any atom is -0.480 e. The lowest BCUT2D eigenvalue weighted by Gasteiger charge is -2.25. The van der Waals surface area contributed by atoms with Crippen molar-refractivity contribution in [3.8, 4) is 0 Å². The molecule has 22 heavy (non-hydrogen) atoms. The van der Waals surface area contributed by atoms with Gasteiger partial charge in [-0.25, -0.2) is 0 Å². The zero-order chi connectivity index (χ0) is 17.3. The van der Waals surface area contributed by atoms with E-state index in [-0.39, 0.29) is 11.5 Å². The molecule has 0 saturated heterocycles. The zero-order valence-electron chi connectivity index (χ0n) is 11.2. The van der Waals surface area contributed by atoms with Gasteiger partial charge in [0.1, 0.15) is 12.1 Å². The highest BCUT2D eigenvalue weighted by atomic mass is 33.1. The van der Waals surface area contributed by atoms with Crippen LogP contribution < -0.4 is 5.73 Å². The van der Waals surface area contributed by atoms with E-state index >= 15 is 0 Å². The van der Waals surface area contributed by atoms with Crippen LogP contribution in [0.5, 0.6) is 0 Å². The number of aliphatic carboxylic acids is 4. The van der Waals surface area contributed by atoms with Crippen molar-refractivity contribution in [3.05, 3.63) is 0 Å². The largest absolute Gasteiger partial charge is 0.480 e. The third-order valence-electron chi connectivity index (χ3n) is 2.28. The van der Waals surface area contributed by atoms with Crippen molar-refractivity contribution in [2.24, 2.45) is 5.73 Å². The van der Waals surface area contributed by atoms with E-state index in [0.29, 0.717) is 0 Å². The van der Waals surface area contributed by atoms with E-state index in [0.717, 1.165) is 26.5 Å². The van der Waals surface area contributed by atoms with Crippen LogP contribution in [0.2, 0.25) is 0 Å². The Morgan fingerprint density at radius 3 is 1.68 bits per heavy atom. The minimum absolute atomic E-state index is 0.0319. The average molecular weight is 356 g/mol. The van der Waals surface area contributed by atoms with Crippen LogP contribution in [-0.4, -0.2) is 85.9 Å². The van der Waals surface area contributed by atoms with Gasteiger partial charge in [0, 0.05) is 11.5 Å². The predicted octanol–water partition coefficient (Wildman–Crippen LogP) is -1.30. The number of rotatable bonds is 12. The fourth-order valence-corrected chi connectivity index (χ4v) is 3.63. The van der Waals surface area contributed by atoms with E-state index in [1.54, 1.807) is 0 Å². The molecule has 0 heterocycles. The third-order valence-corrected chi connectivity index (χ3v) is 4.71. The number of carboxylic acids is 4. The summed E-state index contributed by atoms with van der Waals surface area (Å²) in [7, 11) is 2.00. The van der Waals surface area contributed by atoms with Crippen LogP contribution in [0.3, 0.4) is 0 Å². The second kappa shape index (κ2) is 10.3. The molecule has 12 heteroatoms. The van der Waals surface area contributed by atoms with Crippen molar-refractivity contribution < 1.29 is 39.6 Å². The maximum atomic E-state index is 11.2. The van der Waals surface area contributed by atoms with Gasteiger partial charge in [0.15, 0.2) is 0 Å². The average Bonchev–Trinajstić information content (AvgIpc) is 2.35. The lowest BCUT2D eigenvalue weighted by molar-refractivity contribution is -0.148. The highest BCUT2D eigenvalue weighted by molar-refractivity contribution is 8.76. The molecule has 0 unspecified atom stereocenters. The van der Waals surface area contributed by atoms with E-state index in [4.69, 9.17) is 26.2 Å². The van der Waals surface area contributed by atoms with Crippen LogP contribution >= 0.6 is 21.6 Å². The monoisotopic (exact) mass is 356 g/mol. The van der Waals surface area contributed by atoms with Gasteiger partial charge in [-0.2, -0.15) is 0 Å². The number of nitrogens with zero attached hydrogens (tertiary/aromatic N) is 1. The fourth-order valence-electron chi connectivity index (χ4n) is 1.26.